The van der Waals surface area contributed by atoms with E-state index in [1.807, 2.05) is 0 Å². The molecule has 1 aromatic rings. The van der Waals surface area contributed by atoms with Crippen LogP contribution in [0.5, 0.6) is 0 Å². The third-order valence-electron chi connectivity index (χ3n) is 2.36. The van der Waals surface area contributed by atoms with E-state index in [2.05, 4.69) is 5.32 Å². The summed E-state index contributed by atoms with van der Waals surface area (Å²) in [6.45, 7) is 0. The molecule has 0 spiro atoms. The second kappa shape index (κ2) is 8.08. The van der Waals surface area contributed by atoms with Crippen LogP contribution in [0.25, 0.3) is 0 Å². The van der Waals surface area contributed by atoms with Crippen molar-refractivity contribution in [1.82, 2.24) is 0 Å². The summed E-state index contributed by atoms with van der Waals surface area (Å²) in [4.78, 5) is 31.8. The molecule has 1 unspecified atom stereocenters. The number of carbonyl (C=O) groups excluding carboxylic acids is 1. The van der Waals surface area contributed by atoms with Gasteiger partial charge in [-0.2, -0.15) is 0 Å². The highest BCUT2D eigenvalue weighted by Gasteiger charge is 2.13. The Bertz CT molecular complexity index is 491. The van der Waals surface area contributed by atoms with Crippen molar-refractivity contribution in [3.05, 3.63) is 34.4 Å². The SMILES string of the molecule is Cl.NC(CCC(=O)Nc1ccc([N+](=O)[O-])cc1)C(=O)O. The van der Waals surface area contributed by atoms with Gasteiger partial charge in [-0.25, -0.2) is 0 Å². The zero-order chi connectivity index (χ0) is 14.4. The molecule has 0 saturated carbocycles. The van der Waals surface area contributed by atoms with Crippen molar-refractivity contribution in [3.63, 3.8) is 0 Å². The van der Waals surface area contributed by atoms with Gasteiger partial charge < -0.3 is 16.2 Å². The molecule has 4 N–H and O–H groups in total. The van der Waals surface area contributed by atoms with Crippen LogP contribution in [0.3, 0.4) is 0 Å². The van der Waals surface area contributed by atoms with Gasteiger partial charge in [0.25, 0.3) is 5.69 Å². The van der Waals surface area contributed by atoms with E-state index in [4.69, 9.17) is 10.8 Å². The Hall–Kier alpha value is -2.19. The van der Waals surface area contributed by atoms with E-state index >= 15 is 0 Å². The lowest BCUT2D eigenvalue weighted by Gasteiger charge is -2.07. The molecule has 0 fully saturated rings. The third kappa shape index (κ3) is 5.63. The highest BCUT2D eigenvalue weighted by Crippen LogP contribution is 2.15. The number of nitrogens with two attached hydrogens (primary N) is 1. The van der Waals surface area contributed by atoms with Crippen LogP contribution in [0.4, 0.5) is 11.4 Å². The number of carboxylic acids is 1. The topological polar surface area (TPSA) is 136 Å². The van der Waals surface area contributed by atoms with Crippen LogP contribution in [0, 0.1) is 10.1 Å². The van der Waals surface area contributed by atoms with E-state index in [1.165, 1.54) is 24.3 Å². The summed E-state index contributed by atoms with van der Waals surface area (Å²) < 4.78 is 0. The number of non-ortho nitro benzene ring substituents is 1. The number of nitro groups is 1. The van der Waals surface area contributed by atoms with Gasteiger partial charge in [-0.3, -0.25) is 19.7 Å². The number of anilines is 1. The van der Waals surface area contributed by atoms with Crippen molar-refractivity contribution in [1.29, 1.82) is 0 Å². The van der Waals surface area contributed by atoms with Crippen LogP contribution >= 0.6 is 12.4 Å². The molecule has 0 aliphatic rings. The van der Waals surface area contributed by atoms with Gasteiger partial charge in [0.15, 0.2) is 0 Å². The average molecular weight is 304 g/mol. The summed E-state index contributed by atoms with van der Waals surface area (Å²) in [5.74, 6) is -1.56. The highest BCUT2D eigenvalue weighted by molar-refractivity contribution is 5.91. The first kappa shape index (κ1) is 17.8. The fourth-order valence-electron chi connectivity index (χ4n) is 1.30. The molecule has 8 nitrogen and oxygen atoms in total. The summed E-state index contributed by atoms with van der Waals surface area (Å²) in [6.07, 6.45) is -0.0153. The molecule has 9 heteroatoms. The number of carbonyl (C=O) groups is 2. The summed E-state index contributed by atoms with van der Waals surface area (Å²) in [7, 11) is 0. The maximum absolute atomic E-state index is 11.5. The zero-order valence-corrected chi connectivity index (χ0v) is 11.1. The normalized spacial score (nSPS) is 11.1. The molecule has 20 heavy (non-hydrogen) atoms. The fraction of sp³-hybridized carbons (Fsp3) is 0.273. The lowest BCUT2D eigenvalue weighted by molar-refractivity contribution is -0.384. The van der Waals surface area contributed by atoms with Gasteiger partial charge in [0.1, 0.15) is 6.04 Å². The number of hydrogen-bond donors (Lipinski definition) is 3. The molecular formula is C11H14ClN3O5. The Morgan fingerprint density at radius 1 is 1.35 bits per heavy atom. The number of carboxylic acid groups (broad SMARTS) is 1. The van der Waals surface area contributed by atoms with Crippen LogP contribution in [0.15, 0.2) is 24.3 Å². The summed E-state index contributed by atoms with van der Waals surface area (Å²) >= 11 is 0. The second-order valence-electron chi connectivity index (χ2n) is 3.84. The molecule has 110 valence electrons. The molecule has 0 aliphatic carbocycles. The number of halogens is 1. The molecule has 0 aliphatic heterocycles. The van der Waals surface area contributed by atoms with Crippen LogP contribution < -0.4 is 11.1 Å². The summed E-state index contributed by atoms with van der Waals surface area (Å²) in [6, 6.07) is 4.24. The Morgan fingerprint density at radius 2 is 1.90 bits per heavy atom. The molecular weight excluding hydrogens is 290 g/mol. The standard InChI is InChI=1S/C11H13N3O5.ClH/c12-9(11(16)17)5-6-10(15)13-7-1-3-8(4-2-7)14(18)19;/h1-4,9H,5-6,12H2,(H,13,15)(H,16,17);1H. The van der Waals surface area contributed by atoms with Crippen molar-refractivity contribution >= 4 is 35.7 Å². The van der Waals surface area contributed by atoms with E-state index in [0.717, 1.165) is 0 Å². The van der Waals surface area contributed by atoms with Crippen LogP contribution in [-0.2, 0) is 9.59 Å². The molecule has 1 aromatic carbocycles. The minimum absolute atomic E-state index is 0. The molecule has 0 saturated heterocycles. The third-order valence-corrected chi connectivity index (χ3v) is 2.36. The first-order valence-corrected chi connectivity index (χ1v) is 5.43. The molecule has 0 radical (unpaired) electrons. The Labute approximate surface area is 120 Å². The van der Waals surface area contributed by atoms with Crippen molar-refractivity contribution in [2.24, 2.45) is 5.73 Å². The number of amides is 1. The van der Waals surface area contributed by atoms with Crippen molar-refractivity contribution in [3.8, 4) is 0 Å². The molecule has 0 bridgehead atoms. The number of nitrogens with zero attached hydrogens (tertiary/aromatic N) is 1. The smallest absolute Gasteiger partial charge is 0.320 e. The Kier molecular flexibility index (Phi) is 7.19. The van der Waals surface area contributed by atoms with Gasteiger partial charge in [0.2, 0.25) is 5.91 Å². The van der Waals surface area contributed by atoms with Gasteiger partial charge in [-0.05, 0) is 18.6 Å². The van der Waals surface area contributed by atoms with E-state index in [1.54, 1.807) is 0 Å². The Balaban J connectivity index is 0.00000361. The van der Waals surface area contributed by atoms with Gasteiger partial charge >= 0.3 is 5.97 Å². The minimum Gasteiger partial charge on any atom is -0.480 e. The summed E-state index contributed by atoms with van der Waals surface area (Å²) in [5.41, 5.74) is 5.58. The van der Waals surface area contributed by atoms with E-state index in [9.17, 15) is 19.7 Å². The molecule has 0 aromatic heterocycles. The zero-order valence-electron chi connectivity index (χ0n) is 10.3. The molecule has 1 atom stereocenters. The second-order valence-corrected chi connectivity index (χ2v) is 3.84. The monoisotopic (exact) mass is 303 g/mol. The van der Waals surface area contributed by atoms with E-state index in [-0.39, 0.29) is 30.9 Å². The van der Waals surface area contributed by atoms with E-state index < -0.39 is 22.8 Å². The minimum atomic E-state index is -1.16. The van der Waals surface area contributed by atoms with Crippen molar-refractivity contribution in [2.75, 3.05) is 5.32 Å². The Morgan fingerprint density at radius 3 is 2.35 bits per heavy atom. The largest absolute Gasteiger partial charge is 0.480 e. The van der Waals surface area contributed by atoms with Crippen LogP contribution in [-0.4, -0.2) is 27.9 Å². The quantitative estimate of drug-likeness (QED) is 0.532. The molecule has 0 heterocycles. The predicted molar refractivity (Wildman–Crippen MR) is 73.8 cm³/mol. The van der Waals surface area contributed by atoms with Crippen molar-refractivity contribution < 1.29 is 19.6 Å². The fourth-order valence-corrected chi connectivity index (χ4v) is 1.30. The van der Waals surface area contributed by atoms with Crippen LogP contribution in [0.1, 0.15) is 12.8 Å². The number of nitro benzene ring substituents is 1. The lowest BCUT2D eigenvalue weighted by atomic mass is 10.1. The highest BCUT2D eigenvalue weighted by atomic mass is 35.5. The first-order valence-electron chi connectivity index (χ1n) is 5.43. The average Bonchev–Trinajstić information content (AvgIpc) is 2.36. The van der Waals surface area contributed by atoms with Gasteiger partial charge in [-0.1, -0.05) is 0 Å². The summed E-state index contributed by atoms with van der Waals surface area (Å²) in [5, 5.41) is 21.5. The first-order chi connectivity index (χ1) is 8.90. The number of aliphatic carboxylic acids is 1. The maximum atomic E-state index is 11.5. The van der Waals surface area contributed by atoms with Gasteiger partial charge in [-0.15, -0.1) is 12.4 Å². The van der Waals surface area contributed by atoms with Crippen molar-refractivity contribution in [2.45, 2.75) is 18.9 Å². The molecule has 1 amide bonds. The van der Waals surface area contributed by atoms with Gasteiger partial charge in [0, 0.05) is 24.2 Å². The predicted octanol–water partition coefficient (Wildman–Crippen LogP) is 1.15. The van der Waals surface area contributed by atoms with Gasteiger partial charge in [0.05, 0.1) is 4.92 Å². The maximum Gasteiger partial charge on any atom is 0.320 e. The number of benzene rings is 1. The van der Waals surface area contributed by atoms with Crippen LogP contribution in [0.2, 0.25) is 0 Å². The van der Waals surface area contributed by atoms with E-state index in [0.29, 0.717) is 5.69 Å². The molecule has 1 rings (SSSR count). The number of rotatable bonds is 6. The lowest BCUT2D eigenvalue weighted by Crippen LogP contribution is -2.31. The number of nitrogens with one attached hydrogen (secondary N) is 1. The number of hydrogen-bond acceptors (Lipinski definition) is 5.